The maximum Gasteiger partial charge on any atom is 0.261 e. The summed E-state index contributed by atoms with van der Waals surface area (Å²) < 4.78 is 17.1. The van der Waals surface area contributed by atoms with E-state index in [0.717, 1.165) is 48.7 Å². The van der Waals surface area contributed by atoms with Crippen LogP contribution in [-0.4, -0.2) is 61.7 Å². The quantitative estimate of drug-likeness (QED) is 0.223. The SMILES string of the molecule is C[C@H]1[C@@H](NC(=Nc2ccc3c(=O)n(CCc4ccc(F)cc4)c(Cn4ccnc4)nc3c2)N2CCN[C@@H](C)C2)C[C@@H]2C[C@@H]1C2(C)C. The van der Waals surface area contributed by atoms with Crippen LogP contribution in [0.25, 0.3) is 10.9 Å². The number of benzene rings is 2. The van der Waals surface area contributed by atoms with Gasteiger partial charge in [-0.2, -0.15) is 0 Å². The molecular weight excluding hydrogens is 579 g/mol. The van der Waals surface area contributed by atoms with Crippen molar-refractivity contribution in [1.29, 1.82) is 0 Å². The molecule has 4 aromatic rings. The number of fused-ring (bicyclic) bond motifs is 3. The molecule has 9 nitrogen and oxygen atoms in total. The smallest absolute Gasteiger partial charge is 0.261 e. The van der Waals surface area contributed by atoms with Gasteiger partial charge in [0.1, 0.15) is 11.6 Å². The highest BCUT2D eigenvalue weighted by atomic mass is 19.1. The molecule has 3 aliphatic carbocycles. The van der Waals surface area contributed by atoms with Crippen molar-refractivity contribution >= 4 is 22.5 Å². The van der Waals surface area contributed by atoms with E-state index >= 15 is 0 Å². The van der Waals surface area contributed by atoms with Gasteiger partial charge in [0.05, 0.1) is 29.5 Å². The molecule has 4 aliphatic rings. The fraction of sp³-hybridized carbons (Fsp3) is 0.500. The number of rotatable bonds is 7. The normalized spacial score (nSPS) is 25.8. The number of imidazole rings is 1. The maximum absolute atomic E-state index is 13.9. The van der Waals surface area contributed by atoms with Gasteiger partial charge in [-0.3, -0.25) is 9.36 Å². The van der Waals surface area contributed by atoms with Crippen molar-refractivity contribution in [3.8, 4) is 0 Å². The number of guanidine groups is 1. The van der Waals surface area contributed by atoms with Crippen molar-refractivity contribution in [2.45, 2.75) is 72.1 Å². The van der Waals surface area contributed by atoms with E-state index in [1.807, 2.05) is 29.0 Å². The van der Waals surface area contributed by atoms with Gasteiger partial charge < -0.3 is 20.1 Å². The molecule has 242 valence electrons. The highest BCUT2D eigenvalue weighted by molar-refractivity contribution is 5.86. The molecule has 2 aromatic heterocycles. The first kappa shape index (κ1) is 30.6. The number of aliphatic imine (C=N–C) groups is 1. The van der Waals surface area contributed by atoms with E-state index in [0.29, 0.717) is 59.7 Å². The largest absolute Gasteiger partial charge is 0.353 e. The number of hydrogen-bond donors (Lipinski definition) is 2. The Morgan fingerprint density at radius 2 is 1.98 bits per heavy atom. The average Bonchev–Trinajstić information content (AvgIpc) is 3.55. The highest BCUT2D eigenvalue weighted by Gasteiger charge is 2.56. The van der Waals surface area contributed by atoms with Crippen LogP contribution in [0, 0.1) is 29.0 Å². The molecule has 2 bridgehead atoms. The van der Waals surface area contributed by atoms with E-state index in [-0.39, 0.29) is 11.4 Å². The van der Waals surface area contributed by atoms with E-state index in [1.54, 1.807) is 29.2 Å². The third kappa shape index (κ3) is 5.95. The Labute approximate surface area is 270 Å². The summed E-state index contributed by atoms with van der Waals surface area (Å²) in [6, 6.07) is 12.9. The first-order chi connectivity index (χ1) is 22.2. The Bertz CT molecular complexity index is 1780. The molecule has 5 atom stereocenters. The summed E-state index contributed by atoms with van der Waals surface area (Å²) in [7, 11) is 0. The average molecular weight is 625 g/mol. The molecule has 3 heterocycles. The molecule has 3 saturated carbocycles. The fourth-order valence-electron chi connectivity index (χ4n) is 8.06. The van der Waals surface area contributed by atoms with Crippen LogP contribution in [0.1, 0.15) is 51.9 Å². The van der Waals surface area contributed by atoms with Crippen LogP contribution in [0.5, 0.6) is 0 Å². The second kappa shape index (κ2) is 12.3. The van der Waals surface area contributed by atoms with Crippen LogP contribution in [0.15, 0.2) is 71.0 Å². The van der Waals surface area contributed by atoms with Gasteiger partial charge in [0.2, 0.25) is 0 Å². The number of piperazine rings is 1. The topological polar surface area (TPSA) is 92.4 Å². The lowest BCUT2D eigenvalue weighted by atomic mass is 9.45. The van der Waals surface area contributed by atoms with Crippen LogP contribution in [0.4, 0.5) is 10.1 Å². The fourth-order valence-corrected chi connectivity index (χ4v) is 8.06. The number of halogens is 1. The molecule has 0 radical (unpaired) electrons. The standard InChI is InChI=1S/C36H45FN8O/c1-23-20-44(16-13-39-23)35(42-31-18-26-17-30(24(31)2)36(26,3)4)40-28-9-10-29-32(19-28)41-33(21-43-15-12-38-22-43)45(34(29)46)14-11-25-5-7-27(37)8-6-25/h5-10,12,15,19,22-24,26,30-31,39H,11,13-14,16-18,20-21H2,1-4H3,(H,40,42)/t23-,24+,26-,30-,31-/m0/s1. The van der Waals surface area contributed by atoms with Gasteiger partial charge in [-0.05, 0) is 85.3 Å². The molecule has 0 spiro atoms. The zero-order valence-electron chi connectivity index (χ0n) is 27.3. The summed E-state index contributed by atoms with van der Waals surface area (Å²) >= 11 is 0. The number of nitrogens with zero attached hydrogens (tertiary/aromatic N) is 6. The monoisotopic (exact) mass is 624 g/mol. The van der Waals surface area contributed by atoms with Gasteiger partial charge in [0.25, 0.3) is 5.56 Å². The van der Waals surface area contributed by atoms with Gasteiger partial charge in [-0.1, -0.05) is 32.9 Å². The third-order valence-corrected chi connectivity index (χ3v) is 11.0. The van der Waals surface area contributed by atoms with Crippen molar-refractivity contribution < 1.29 is 4.39 Å². The van der Waals surface area contributed by atoms with Gasteiger partial charge in [0.15, 0.2) is 5.96 Å². The van der Waals surface area contributed by atoms with Crippen molar-refractivity contribution in [2.24, 2.45) is 28.2 Å². The Hall–Kier alpha value is -4.05. The molecule has 10 heteroatoms. The first-order valence-corrected chi connectivity index (χ1v) is 16.7. The lowest BCUT2D eigenvalue weighted by molar-refractivity contribution is -0.112. The van der Waals surface area contributed by atoms with E-state index < -0.39 is 0 Å². The predicted molar refractivity (Wildman–Crippen MR) is 180 cm³/mol. The van der Waals surface area contributed by atoms with Gasteiger partial charge in [0, 0.05) is 50.7 Å². The summed E-state index contributed by atoms with van der Waals surface area (Å²) in [5.41, 5.74) is 2.69. The molecule has 1 saturated heterocycles. The molecule has 0 unspecified atom stereocenters. The zero-order valence-corrected chi connectivity index (χ0v) is 27.3. The van der Waals surface area contributed by atoms with Crippen molar-refractivity contribution in [3.05, 3.63) is 88.7 Å². The molecule has 2 N–H and O–H groups in total. The summed E-state index contributed by atoms with van der Waals surface area (Å²) in [5, 5.41) is 8.03. The zero-order chi connectivity index (χ0) is 32.0. The Balaban J connectivity index is 1.22. The number of aryl methyl sites for hydroxylation is 1. The molecule has 1 aliphatic heterocycles. The highest BCUT2D eigenvalue weighted by Crippen LogP contribution is 2.61. The minimum Gasteiger partial charge on any atom is -0.353 e. The van der Waals surface area contributed by atoms with E-state index in [1.165, 1.54) is 25.0 Å². The van der Waals surface area contributed by atoms with E-state index in [4.69, 9.17) is 9.98 Å². The summed E-state index contributed by atoms with van der Waals surface area (Å²) in [5.74, 6) is 3.34. The van der Waals surface area contributed by atoms with Crippen molar-refractivity contribution in [2.75, 3.05) is 19.6 Å². The number of nitrogens with one attached hydrogen (secondary N) is 2. The van der Waals surface area contributed by atoms with Crippen LogP contribution in [0.2, 0.25) is 0 Å². The van der Waals surface area contributed by atoms with Crippen LogP contribution in [0.3, 0.4) is 0 Å². The lowest BCUT2D eigenvalue weighted by Gasteiger charge is -2.62. The van der Waals surface area contributed by atoms with Crippen molar-refractivity contribution in [3.63, 3.8) is 0 Å². The minimum atomic E-state index is -0.272. The third-order valence-electron chi connectivity index (χ3n) is 11.0. The molecule has 2 aromatic carbocycles. The van der Waals surface area contributed by atoms with Gasteiger partial charge in [-0.15, -0.1) is 0 Å². The Morgan fingerprint density at radius 1 is 1.15 bits per heavy atom. The second-order valence-corrected chi connectivity index (χ2v) is 14.2. The first-order valence-electron chi connectivity index (χ1n) is 16.7. The Kier molecular flexibility index (Phi) is 8.17. The molecular formula is C36H45FN8O. The number of aromatic nitrogens is 4. The predicted octanol–water partition coefficient (Wildman–Crippen LogP) is 4.96. The van der Waals surface area contributed by atoms with Gasteiger partial charge in [-0.25, -0.2) is 19.4 Å². The van der Waals surface area contributed by atoms with Crippen LogP contribution >= 0.6 is 0 Å². The van der Waals surface area contributed by atoms with Crippen LogP contribution < -0.4 is 16.2 Å². The number of hydrogen-bond acceptors (Lipinski definition) is 5. The van der Waals surface area contributed by atoms with E-state index in [2.05, 4.69) is 48.2 Å². The molecule has 8 rings (SSSR count). The summed E-state index contributed by atoms with van der Waals surface area (Å²) in [6.45, 7) is 13.0. The van der Waals surface area contributed by atoms with Crippen molar-refractivity contribution in [1.82, 2.24) is 34.6 Å². The summed E-state index contributed by atoms with van der Waals surface area (Å²) in [4.78, 5) is 30.7. The molecule has 4 fully saturated rings. The summed E-state index contributed by atoms with van der Waals surface area (Å²) in [6.07, 6.45) is 8.40. The molecule has 0 amide bonds. The van der Waals surface area contributed by atoms with Gasteiger partial charge >= 0.3 is 0 Å². The maximum atomic E-state index is 13.9. The Morgan fingerprint density at radius 3 is 2.70 bits per heavy atom. The minimum absolute atomic E-state index is 0.0927. The second-order valence-electron chi connectivity index (χ2n) is 14.2. The molecule has 46 heavy (non-hydrogen) atoms. The van der Waals surface area contributed by atoms with E-state index in [9.17, 15) is 9.18 Å². The van der Waals surface area contributed by atoms with Crippen LogP contribution in [-0.2, 0) is 19.5 Å². The lowest BCUT2D eigenvalue weighted by Crippen LogP contribution is -2.63.